The van der Waals surface area contributed by atoms with Gasteiger partial charge in [0.1, 0.15) is 0 Å². The molecule has 0 aliphatic heterocycles. The van der Waals surface area contributed by atoms with Crippen LogP contribution in [0.4, 0.5) is 32.0 Å². The zero-order valence-electron chi connectivity index (χ0n) is 13.2. The molecule has 0 aliphatic rings. The quantitative estimate of drug-likeness (QED) is 0.615. The van der Waals surface area contributed by atoms with Crippen molar-refractivity contribution < 1.29 is 40.7 Å². The Bertz CT molecular complexity index is 683. The second-order valence-corrected chi connectivity index (χ2v) is 5.01. The summed E-state index contributed by atoms with van der Waals surface area (Å²) in [5, 5.41) is 1.64. The van der Waals surface area contributed by atoms with Crippen molar-refractivity contribution in [1.29, 1.82) is 0 Å². The van der Waals surface area contributed by atoms with Gasteiger partial charge in [-0.15, -0.1) is 0 Å². The van der Waals surface area contributed by atoms with E-state index >= 15 is 0 Å². The van der Waals surface area contributed by atoms with Gasteiger partial charge >= 0.3 is 24.2 Å². The van der Waals surface area contributed by atoms with Crippen molar-refractivity contribution >= 4 is 23.4 Å². The lowest BCUT2D eigenvalue weighted by atomic mass is 10.1. The summed E-state index contributed by atoms with van der Waals surface area (Å²) < 4.78 is 76.5. The Morgan fingerprint density at radius 3 is 1.81 bits per heavy atom. The van der Waals surface area contributed by atoms with Gasteiger partial charge in [-0.2, -0.15) is 26.3 Å². The summed E-state index contributed by atoms with van der Waals surface area (Å²) in [6.07, 6.45) is -10.2. The number of alkyl halides is 6. The zero-order valence-corrected chi connectivity index (χ0v) is 13.2. The Labute approximate surface area is 142 Å². The van der Waals surface area contributed by atoms with Crippen LogP contribution in [0.25, 0.3) is 0 Å². The van der Waals surface area contributed by atoms with Crippen molar-refractivity contribution in [2.45, 2.75) is 19.3 Å². The van der Waals surface area contributed by atoms with Gasteiger partial charge in [0.25, 0.3) is 0 Å². The van der Waals surface area contributed by atoms with Gasteiger partial charge in [-0.3, -0.25) is 19.3 Å². The predicted octanol–water partition coefficient (Wildman–Crippen LogP) is 2.00. The van der Waals surface area contributed by atoms with Crippen LogP contribution in [0.1, 0.15) is 18.1 Å². The first-order valence-electron chi connectivity index (χ1n) is 6.90. The van der Waals surface area contributed by atoms with Crippen LogP contribution < -0.4 is 11.1 Å². The minimum absolute atomic E-state index is 0.131. The predicted molar refractivity (Wildman–Crippen MR) is 76.5 cm³/mol. The lowest BCUT2D eigenvalue weighted by Crippen LogP contribution is -2.44. The van der Waals surface area contributed by atoms with Gasteiger partial charge < -0.3 is 11.1 Å². The van der Waals surface area contributed by atoms with E-state index in [1.807, 2.05) is 0 Å². The molecule has 3 N–H and O–H groups in total. The standard InChI is InChI=1S/C14H13F6N3O3/c1-7(24)23(3-2-21)12(26)11(25)22-10-5-8(13(15,16)17)4-9(6-10)14(18,19)20/h4-6H,2-3,21H2,1H3,(H,22,25). The molecule has 0 saturated carbocycles. The molecule has 0 aromatic heterocycles. The van der Waals surface area contributed by atoms with E-state index in [1.54, 1.807) is 5.32 Å². The molecule has 1 aromatic rings. The van der Waals surface area contributed by atoms with Gasteiger partial charge in [0.15, 0.2) is 0 Å². The maximum atomic E-state index is 12.8. The normalized spacial score (nSPS) is 11.8. The number of amides is 3. The lowest BCUT2D eigenvalue weighted by molar-refractivity contribution is -0.149. The molecule has 144 valence electrons. The number of carbonyl (C=O) groups is 3. The third-order valence-electron chi connectivity index (χ3n) is 3.02. The van der Waals surface area contributed by atoms with Crippen molar-refractivity contribution in [1.82, 2.24) is 4.90 Å². The zero-order chi connectivity index (χ0) is 20.3. The Hall–Kier alpha value is -2.63. The van der Waals surface area contributed by atoms with Crippen LogP contribution in [0.2, 0.25) is 0 Å². The molecule has 0 fully saturated rings. The van der Waals surface area contributed by atoms with Crippen LogP contribution in [0.15, 0.2) is 18.2 Å². The van der Waals surface area contributed by atoms with Gasteiger partial charge in [-0.25, -0.2) is 0 Å². The number of hydrogen-bond donors (Lipinski definition) is 2. The van der Waals surface area contributed by atoms with E-state index in [9.17, 15) is 40.7 Å². The van der Waals surface area contributed by atoms with Crippen LogP contribution in [0.5, 0.6) is 0 Å². The van der Waals surface area contributed by atoms with Crippen molar-refractivity contribution in [2.75, 3.05) is 18.4 Å². The lowest BCUT2D eigenvalue weighted by Gasteiger charge is -2.18. The number of nitrogens with zero attached hydrogens (tertiary/aromatic N) is 1. The molecule has 0 heterocycles. The first kappa shape index (κ1) is 21.4. The average molecular weight is 385 g/mol. The molecule has 0 saturated heterocycles. The molecule has 0 aliphatic carbocycles. The molecule has 0 spiro atoms. The van der Waals surface area contributed by atoms with E-state index in [0.29, 0.717) is 4.90 Å². The number of benzene rings is 1. The van der Waals surface area contributed by atoms with Gasteiger partial charge in [0.05, 0.1) is 11.1 Å². The fourth-order valence-electron chi connectivity index (χ4n) is 1.87. The summed E-state index contributed by atoms with van der Waals surface area (Å²) >= 11 is 0. The molecule has 26 heavy (non-hydrogen) atoms. The number of anilines is 1. The summed E-state index contributed by atoms with van der Waals surface area (Å²) in [6, 6.07) is 0.344. The van der Waals surface area contributed by atoms with E-state index in [1.165, 1.54) is 0 Å². The van der Waals surface area contributed by atoms with Crippen LogP contribution in [0.3, 0.4) is 0 Å². The Balaban J connectivity index is 3.21. The summed E-state index contributed by atoms with van der Waals surface area (Å²) in [4.78, 5) is 35.3. The van der Waals surface area contributed by atoms with E-state index < -0.39 is 46.9 Å². The van der Waals surface area contributed by atoms with E-state index in [4.69, 9.17) is 5.73 Å². The highest BCUT2D eigenvalue weighted by atomic mass is 19.4. The van der Waals surface area contributed by atoms with Crippen LogP contribution >= 0.6 is 0 Å². The minimum Gasteiger partial charge on any atom is -0.329 e. The van der Waals surface area contributed by atoms with E-state index in [2.05, 4.69) is 0 Å². The number of imide groups is 1. The van der Waals surface area contributed by atoms with Crippen LogP contribution in [-0.4, -0.2) is 35.7 Å². The number of halogens is 6. The molecule has 1 aromatic carbocycles. The SMILES string of the molecule is CC(=O)N(CCN)C(=O)C(=O)Nc1cc(C(F)(F)F)cc(C(F)(F)F)c1. The van der Waals surface area contributed by atoms with Gasteiger partial charge in [0.2, 0.25) is 5.91 Å². The highest BCUT2D eigenvalue weighted by Crippen LogP contribution is 2.37. The Morgan fingerprint density at radius 2 is 1.46 bits per heavy atom. The molecule has 3 amide bonds. The smallest absolute Gasteiger partial charge is 0.329 e. The molecule has 0 atom stereocenters. The minimum atomic E-state index is -5.12. The molecule has 6 nitrogen and oxygen atoms in total. The number of nitrogens with two attached hydrogens (primary N) is 1. The van der Waals surface area contributed by atoms with Crippen molar-refractivity contribution in [2.24, 2.45) is 5.73 Å². The van der Waals surface area contributed by atoms with Crippen molar-refractivity contribution in [3.05, 3.63) is 29.3 Å². The molecule has 0 unspecified atom stereocenters. The average Bonchev–Trinajstić information content (AvgIpc) is 2.49. The van der Waals surface area contributed by atoms with Crippen LogP contribution in [0, 0.1) is 0 Å². The van der Waals surface area contributed by atoms with E-state index in [-0.39, 0.29) is 31.3 Å². The number of nitrogens with one attached hydrogen (secondary N) is 1. The molecule has 0 bridgehead atoms. The first-order valence-corrected chi connectivity index (χ1v) is 6.90. The monoisotopic (exact) mass is 385 g/mol. The third kappa shape index (κ3) is 5.44. The highest BCUT2D eigenvalue weighted by molar-refractivity contribution is 6.41. The molecule has 1 rings (SSSR count). The molecule has 12 heteroatoms. The molecule has 0 radical (unpaired) electrons. The van der Waals surface area contributed by atoms with Gasteiger partial charge in [-0.1, -0.05) is 0 Å². The number of carbonyl (C=O) groups excluding carboxylic acids is 3. The topological polar surface area (TPSA) is 92.5 Å². The Morgan fingerprint density at radius 1 is 1.00 bits per heavy atom. The van der Waals surface area contributed by atoms with Gasteiger partial charge in [-0.05, 0) is 18.2 Å². The summed E-state index contributed by atoms with van der Waals surface area (Å²) in [6.45, 7) is 0.394. The molecular formula is C14H13F6N3O3. The maximum Gasteiger partial charge on any atom is 0.416 e. The van der Waals surface area contributed by atoms with Gasteiger partial charge in [0, 0.05) is 25.7 Å². The van der Waals surface area contributed by atoms with E-state index in [0.717, 1.165) is 6.92 Å². The number of hydrogen-bond acceptors (Lipinski definition) is 4. The number of rotatable bonds is 3. The van der Waals surface area contributed by atoms with Crippen molar-refractivity contribution in [3.63, 3.8) is 0 Å². The second-order valence-electron chi connectivity index (χ2n) is 5.01. The summed E-state index contributed by atoms with van der Waals surface area (Å²) in [5.74, 6) is -3.91. The maximum absolute atomic E-state index is 12.8. The third-order valence-corrected chi connectivity index (χ3v) is 3.02. The first-order chi connectivity index (χ1) is 11.8. The largest absolute Gasteiger partial charge is 0.416 e. The van der Waals surface area contributed by atoms with Crippen molar-refractivity contribution in [3.8, 4) is 0 Å². The molecular weight excluding hydrogens is 372 g/mol. The second kappa shape index (κ2) is 7.72. The Kier molecular flexibility index (Phi) is 6.36. The fourth-order valence-corrected chi connectivity index (χ4v) is 1.87. The van der Waals surface area contributed by atoms with Crippen LogP contribution in [-0.2, 0) is 26.7 Å². The fraction of sp³-hybridized carbons (Fsp3) is 0.357. The highest BCUT2D eigenvalue weighted by Gasteiger charge is 2.37. The summed E-state index contributed by atoms with van der Waals surface area (Å²) in [7, 11) is 0. The summed E-state index contributed by atoms with van der Waals surface area (Å²) in [5.41, 5.74) is 0.932.